The van der Waals surface area contributed by atoms with E-state index in [0.717, 1.165) is 31.6 Å². The number of hydrogen-bond donors (Lipinski definition) is 2. The van der Waals surface area contributed by atoms with E-state index in [0.29, 0.717) is 30.2 Å². The van der Waals surface area contributed by atoms with Crippen molar-refractivity contribution >= 4 is 11.9 Å². The van der Waals surface area contributed by atoms with Gasteiger partial charge in [-0.1, -0.05) is 19.8 Å². The van der Waals surface area contributed by atoms with Crippen LogP contribution in [0.2, 0.25) is 0 Å². The lowest BCUT2D eigenvalue weighted by atomic mass is 9.86. The van der Waals surface area contributed by atoms with Crippen LogP contribution in [0.15, 0.2) is 4.99 Å². The van der Waals surface area contributed by atoms with E-state index in [1.165, 1.54) is 25.7 Å². The highest BCUT2D eigenvalue weighted by Crippen LogP contribution is 2.24. The highest BCUT2D eigenvalue weighted by atomic mass is 16.5. The van der Waals surface area contributed by atoms with Crippen LogP contribution in [-0.2, 0) is 9.53 Å². The van der Waals surface area contributed by atoms with Gasteiger partial charge in [0, 0.05) is 26.2 Å². The molecule has 6 heteroatoms. The number of amides is 1. The fraction of sp³-hybridized carbons (Fsp3) is 0.905. The molecule has 0 saturated heterocycles. The monoisotopic (exact) mass is 380 g/mol. The highest BCUT2D eigenvalue weighted by molar-refractivity contribution is 5.85. The van der Waals surface area contributed by atoms with E-state index in [1.807, 2.05) is 0 Å². The molecule has 0 spiro atoms. The summed E-state index contributed by atoms with van der Waals surface area (Å²) < 4.78 is 5.96. The zero-order valence-corrected chi connectivity index (χ0v) is 18.0. The number of likely N-dealkylation sites (N-methyl/N-ethyl adjacent to an activating group) is 1. The van der Waals surface area contributed by atoms with Gasteiger partial charge >= 0.3 is 0 Å². The average Bonchev–Trinajstić information content (AvgIpc) is 2.62. The van der Waals surface area contributed by atoms with E-state index in [9.17, 15) is 4.79 Å². The summed E-state index contributed by atoms with van der Waals surface area (Å²) in [6, 6.07) is 0.844. The molecule has 2 N–H and O–H groups in total. The van der Waals surface area contributed by atoms with Gasteiger partial charge < -0.3 is 20.3 Å². The summed E-state index contributed by atoms with van der Waals surface area (Å²) in [6.07, 6.45) is 10.0. The fourth-order valence-electron chi connectivity index (χ4n) is 4.05. The van der Waals surface area contributed by atoms with Gasteiger partial charge in [-0.2, -0.15) is 0 Å². The molecule has 0 aromatic carbocycles. The molecule has 27 heavy (non-hydrogen) atoms. The SMILES string of the molecule is CC(C)OC1CCC(NC(=NCC(=O)N(C)C)NC2CCCCC2C)CC1. The van der Waals surface area contributed by atoms with Crippen LogP contribution in [0, 0.1) is 5.92 Å². The maximum Gasteiger partial charge on any atom is 0.243 e. The standard InChI is InChI=1S/C21H40N4O2/c1-15(2)27-18-12-10-17(11-13-18)23-21(22-14-20(26)25(4)5)24-19-9-7-6-8-16(19)3/h15-19H,6-14H2,1-5H3,(H2,22,23,24). The van der Waals surface area contributed by atoms with Crippen LogP contribution in [0.25, 0.3) is 0 Å². The third kappa shape index (κ3) is 7.68. The van der Waals surface area contributed by atoms with Crippen LogP contribution in [-0.4, -0.2) is 61.7 Å². The number of carbonyl (C=O) groups excluding carboxylic acids is 1. The van der Waals surface area contributed by atoms with Crippen molar-refractivity contribution in [2.24, 2.45) is 10.9 Å². The lowest BCUT2D eigenvalue weighted by molar-refractivity contribution is -0.127. The molecule has 2 unspecified atom stereocenters. The zero-order chi connectivity index (χ0) is 19.8. The number of hydrogen-bond acceptors (Lipinski definition) is 3. The first-order valence-electron chi connectivity index (χ1n) is 10.8. The van der Waals surface area contributed by atoms with E-state index >= 15 is 0 Å². The number of ether oxygens (including phenoxy) is 1. The summed E-state index contributed by atoms with van der Waals surface area (Å²) in [5.74, 6) is 1.48. The maximum absolute atomic E-state index is 12.0. The number of aliphatic imine (C=N–C) groups is 1. The lowest BCUT2D eigenvalue weighted by Crippen LogP contribution is -2.51. The summed E-state index contributed by atoms with van der Waals surface area (Å²) in [5.41, 5.74) is 0. The van der Waals surface area contributed by atoms with Crippen molar-refractivity contribution in [1.29, 1.82) is 0 Å². The molecule has 2 fully saturated rings. The van der Waals surface area contributed by atoms with Crippen molar-refractivity contribution in [1.82, 2.24) is 15.5 Å². The van der Waals surface area contributed by atoms with Crippen molar-refractivity contribution in [2.75, 3.05) is 20.6 Å². The largest absolute Gasteiger partial charge is 0.376 e. The molecule has 1 amide bonds. The first-order valence-corrected chi connectivity index (χ1v) is 10.8. The van der Waals surface area contributed by atoms with Gasteiger partial charge in [-0.15, -0.1) is 0 Å². The predicted octanol–water partition coefficient (Wildman–Crippen LogP) is 2.92. The Bertz CT molecular complexity index is 485. The molecule has 2 saturated carbocycles. The molecule has 0 heterocycles. The smallest absolute Gasteiger partial charge is 0.243 e. The minimum absolute atomic E-state index is 0.0295. The summed E-state index contributed by atoms with van der Waals surface area (Å²) >= 11 is 0. The van der Waals surface area contributed by atoms with Crippen molar-refractivity contribution in [3.63, 3.8) is 0 Å². The average molecular weight is 381 g/mol. The Labute approximate surface area is 165 Å². The molecule has 0 aromatic rings. The summed E-state index contributed by atoms with van der Waals surface area (Å²) in [4.78, 5) is 18.2. The second-order valence-corrected chi connectivity index (χ2v) is 8.77. The van der Waals surface area contributed by atoms with Crippen LogP contribution in [0.3, 0.4) is 0 Å². The van der Waals surface area contributed by atoms with Gasteiger partial charge in [-0.05, 0) is 58.3 Å². The second kappa shape index (κ2) is 10.9. The van der Waals surface area contributed by atoms with Gasteiger partial charge in [0.15, 0.2) is 5.96 Å². The van der Waals surface area contributed by atoms with Gasteiger partial charge in [0.1, 0.15) is 6.54 Å². The van der Waals surface area contributed by atoms with E-state index in [2.05, 4.69) is 36.4 Å². The molecular weight excluding hydrogens is 340 g/mol. The Morgan fingerprint density at radius 2 is 1.74 bits per heavy atom. The number of nitrogens with zero attached hydrogens (tertiary/aromatic N) is 2. The van der Waals surface area contributed by atoms with E-state index < -0.39 is 0 Å². The van der Waals surface area contributed by atoms with Crippen molar-refractivity contribution < 1.29 is 9.53 Å². The van der Waals surface area contributed by atoms with Gasteiger partial charge in [0.2, 0.25) is 5.91 Å². The second-order valence-electron chi connectivity index (χ2n) is 8.77. The van der Waals surface area contributed by atoms with E-state index in [4.69, 9.17) is 4.74 Å². The Morgan fingerprint density at radius 3 is 2.33 bits per heavy atom. The molecule has 2 rings (SSSR count). The minimum Gasteiger partial charge on any atom is -0.376 e. The molecule has 2 aliphatic carbocycles. The molecule has 2 aliphatic rings. The summed E-state index contributed by atoms with van der Waals surface area (Å²) in [6.45, 7) is 6.71. The van der Waals surface area contributed by atoms with Gasteiger partial charge in [0.05, 0.1) is 12.2 Å². The topological polar surface area (TPSA) is 66.0 Å². The fourth-order valence-corrected chi connectivity index (χ4v) is 4.05. The number of carbonyl (C=O) groups is 1. The van der Waals surface area contributed by atoms with E-state index in [1.54, 1.807) is 19.0 Å². The number of nitrogens with one attached hydrogen (secondary N) is 2. The van der Waals surface area contributed by atoms with Crippen molar-refractivity contribution in [3.05, 3.63) is 0 Å². The molecular formula is C21H40N4O2. The molecule has 0 radical (unpaired) electrons. The van der Waals surface area contributed by atoms with Gasteiger partial charge in [-0.3, -0.25) is 4.79 Å². The van der Waals surface area contributed by atoms with Crippen molar-refractivity contribution in [3.8, 4) is 0 Å². The lowest BCUT2D eigenvalue weighted by Gasteiger charge is -2.34. The zero-order valence-electron chi connectivity index (χ0n) is 18.0. The molecule has 2 atom stereocenters. The van der Waals surface area contributed by atoms with Gasteiger partial charge in [-0.25, -0.2) is 4.99 Å². The molecule has 6 nitrogen and oxygen atoms in total. The van der Waals surface area contributed by atoms with Crippen LogP contribution < -0.4 is 10.6 Å². The normalized spacial score (nSPS) is 29.5. The third-order valence-corrected chi connectivity index (χ3v) is 5.78. The molecule has 0 aromatic heterocycles. The molecule has 0 aliphatic heterocycles. The van der Waals surface area contributed by atoms with Crippen molar-refractivity contribution in [2.45, 2.75) is 96.4 Å². The quantitative estimate of drug-likeness (QED) is 0.549. The minimum atomic E-state index is 0.0295. The number of rotatable bonds is 6. The Kier molecular flexibility index (Phi) is 8.87. The third-order valence-electron chi connectivity index (χ3n) is 5.78. The van der Waals surface area contributed by atoms with Crippen LogP contribution in [0.5, 0.6) is 0 Å². The molecule has 0 bridgehead atoms. The predicted molar refractivity (Wildman–Crippen MR) is 111 cm³/mol. The van der Waals surface area contributed by atoms with Gasteiger partial charge in [0.25, 0.3) is 0 Å². The first-order chi connectivity index (χ1) is 12.8. The Morgan fingerprint density at radius 1 is 1.07 bits per heavy atom. The number of guanidine groups is 1. The van der Waals surface area contributed by atoms with Crippen LogP contribution in [0.4, 0.5) is 0 Å². The summed E-state index contributed by atoms with van der Waals surface area (Å²) in [7, 11) is 3.55. The summed E-state index contributed by atoms with van der Waals surface area (Å²) in [5, 5.41) is 7.23. The Hall–Kier alpha value is -1.30. The van der Waals surface area contributed by atoms with Crippen LogP contribution in [0.1, 0.15) is 72.1 Å². The highest BCUT2D eigenvalue weighted by Gasteiger charge is 2.26. The molecule has 156 valence electrons. The van der Waals surface area contributed by atoms with Crippen LogP contribution >= 0.6 is 0 Å². The van der Waals surface area contributed by atoms with E-state index in [-0.39, 0.29) is 12.5 Å². The Balaban J connectivity index is 1.93. The first kappa shape index (κ1) is 22.0. The maximum atomic E-state index is 12.0.